The van der Waals surface area contributed by atoms with Crippen molar-refractivity contribution in [3.63, 3.8) is 0 Å². The Bertz CT molecular complexity index is 1070. The van der Waals surface area contributed by atoms with Crippen LogP contribution >= 0.6 is 0 Å². The molecule has 5 nitrogen and oxygen atoms in total. The number of aliphatic hydroxyl groups excluding tert-OH is 1. The maximum Gasteiger partial charge on any atom is 0.416 e. The van der Waals surface area contributed by atoms with E-state index >= 15 is 0 Å². The number of fused-ring (bicyclic) bond motifs is 3. The third kappa shape index (κ3) is 3.03. The van der Waals surface area contributed by atoms with Crippen LogP contribution in [-0.2, 0) is 17.5 Å². The Balaban J connectivity index is 1.78. The van der Waals surface area contributed by atoms with E-state index in [1.165, 1.54) is 6.07 Å². The van der Waals surface area contributed by atoms with Crippen molar-refractivity contribution in [2.24, 2.45) is 0 Å². The third-order valence-corrected chi connectivity index (χ3v) is 4.42. The molecule has 27 heavy (non-hydrogen) atoms. The van der Waals surface area contributed by atoms with Gasteiger partial charge in [-0.2, -0.15) is 13.2 Å². The lowest BCUT2D eigenvalue weighted by molar-refractivity contribution is -0.137. The number of hydrogen-bond donors (Lipinski definition) is 2. The van der Waals surface area contributed by atoms with Crippen LogP contribution < -0.4 is 5.32 Å². The molecule has 2 heterocycles. The number of imidazole rings is 1. The summed E-state index contributed by atoms with van der Waals surface area (Å²) in [5.74, 6) is -0.546. The Labute approximate surface area is 151 Å². The molecule has 0 atom stereocenters. The molecule has 138 valence electrons. The number of benzene rings is 2. The molecule has 0 saturated carbocycles. The Morgan fingerprint density at radius 3 is 2.59 bits per heavy atom. The number of hydrogen-bond acceptors (Lipinski definition) is 3. The van der Waals surface area contributed by atoms with E-state index in [2.05, 4.69) is 10.3 Å². The average Bonchev–Trinajstić information content (AvgIpc) is 2.99. The minimum Gasteiger partial charge on any atom is -0.511 e. The number of rotatable bonds is 2. The molecule has 3 aromatic rings. The summed E-state index contributed by atoms with van der Waals surface area (Å²) in [6.07, 6.45) is -4.29. The van der Waals surface area contributed by atoms with Gasteiger partial charge in [-0.05, 0) is 30.3 Å². The highest BCUT2D eigenvalue weighted by Crippen LogP contribution is 2.34. The SMILES string of the molecule is O=C(Nc1ccccc1)C1=C(O)CCn2c1nc1cc(C(F)(F)F)ccc12. The molecule has 2 N–H and O–H groups in total. The van der Waals surface area contributed by atoms with Crippen molar-refractivity contribution in [3.05, 3.63) is 65.7 Å². The topological polar surface area (TPSA) is 67.2 Å². The number of halogens is 3. The van der Waals surface area contributed by atoms with Crippen LogP contribution in [0.1, 0.15) is 17.8 Å². The van der Waals surface area contributed by atoms with Crippen LogP contribution in [0.3, 0.4) is 0 Å². The van der Waals surface area contributed by atoms with Gasteiger partial charge in [-0.3, -0.25) is 4.79 Å². The smallest absolute Gasteiger partial charge is 0.416 e. The number of anilines is 1. The van der Waals surface area contributed by atoms with Gasteiger partial charge in [0, 0.05) is 18.7 Å². The Hall–Kier alpha value is -3.29. The van der Waals surface area contributed by atoms with E-state index in [1.807, 2.05) is 0 Å². The molecular weight excluding hydrogens is 359 g/mol. The summed E-state index contributed by atoms with van der Waals surface area (Å²) < 4.78 is 40.5. The number of carbonyl (C=O) groups is 1. The molecule has 1 aliphatic heterocycles. The van der Waals surface area contributed by atoms with Crippen molar-refractivity contribution in [1.82, 2.24) is 9.55 Å². The number of allylic oxidation sites excluding steroid dienone is 1. The highest BCUT2D eigenvalue weighted by Gasteiger charge is 2.32. The van der Waals surface area contributed by atoms with Gasteiger partial charge in [0.25, 0.3) is 5.91 Å². The van der Waals surface area contributed by atoms with Crippen LogP contribution in [0.2, 0.25) is 0 Å². The van der Waals surface area contributed by atoms with E-state index in [9.17, 15) is 23.1 Å². The lowest BCUT2D eigenvalue weighted by Gasteiger charge is -2.18. The number of carbonyl (C=O) groups excluding carboxylic acids is 1. The van der Waals surface area contributed by atoms with Crippen LogP contribution in [-0.4, -0.2) is 20.6 Å². The van der Waals surface area contributed by atoms with Gasteiger partial charge < -0.3 is 15.0 Å². The molecule has 2 aromatic carbocycles. The van der Waals surface area contributed by atoms with Crippen LogP contribution in [0, 0.1) is 0 Å². The zero-order valence-electron chi connectivity index (χ0n) is 13.9. The van der Waals surface area contributed by atoms with Crippen molar-refractivity contribution < 1.29 is 23.1 Å². The maximum absolute atomic E-state index is 13.0. The number of amides is 1. The Morgan fingerprint density at radius 2 is 1.89 bits per heavy atom. The van der Waals surface area contributed by atoms with Crippen molar-refractivity contribution in [1.29, 1.82) is 0 Å². The summed E-state index contributed by atoms with van der Waals surface area (Å²) in [4.78, 5) is 16.9. The number of aromatic nitrogens is 2. The van der Waals surface area contributed by atoms with E-state index in [0.29, 0.717) is 17.7 Å². The standard InChI is InChI=1S/C19H14F3N3O2/c20-19(21,22)11-6-7-14-13(10-11)24-17-16(15(26)8-9-25(14)17)18(27)23-12-4-2-1-3-5-12/h1-7,10,26H,8-9H2,(H,23,27). The molecule has 0 saturated heterocycles. The molecule has 1 aliphatic rings. The number of nitrogens with zero attached hydrogens (tertiary/aromatic N) is 2. The van der Waals surface area contributed by atoms with E-state index in [1.54, 1.807) is 34.9 Å². The number of para-hydroxylation sites is 1. The second kappa shape index (κ2) is 6.15. The summed E-state index contributed by atoms with van der Waals surface area (Å²) in [5, 5.41) is 12.9. The van der Waals surface area contributed by atoms with E-state index in [0.717, 1.165) is 12.1 Å². The normalized spacial score (nSPS) is 14.3. The molecule has 0 radical (unpaired) electrons. The first kappa shape index (κ1) is 17.1. The molecule has 0 fully saturated rings. The fourth-order valence-corrected chi connectivity index (χ4v) is 3.14. The van der Waals surface area contributed by atoms with Gasteiger partial charge in [0.05, 0.1) is 16.6 Å². The van der Waals surface area contributed by atoms with Gasteiger partial charge >= 0.3 is 6.18 Å². The highest BCUT2D eigenvalue weighted by molar-refractivity contribution is 6.25. The van der Waals surface area contributed by atoms with Crippen LogP contribution in [0.15, 0.2) is 54.3 Å². The predicted molar refractivity (Wildman–Crippen MR) is 94.0 cm³/mol. The van der Waals surface area contributed by atoms with Gasteiger partial charge in [-0.15, -0.1) is 0 Å². The largest absolute Gasteiger partial charge is 0.511 e. The summed E-state index contributed by atoms with van der Waals surface area (Å²) >= 11 is 0. The number of aliphatic hydroxyl groups is 1. The zero-order chi connectivity index (χ0) is 19.2. The monoisotopic (exact) mass is 373 g/mol. The average molecular weight is 373 g/mol. The lowest BCUT2D eigenvalue weighted by Crippen LogP contribution is -2.22. The highest BCUT2D eigenvalue weighted by atomic mass is 19.4. The molecular formula is C19H14F3N3O2. The predicted octanol–water partition coefficient (Wildman–Crippen LogP) is 4.37. The van der Waals surface area contributed by atoms with Gasteiger partial charge in [0.15, 0.2) is 0 Å². The van der Waals surface area contributed by atoms with Gasteiger partial charge in [-0.1, -0.05) is 18.2 Å². The van der Waals surface area contributed by atoms with Gasteiger partial charge in [0.2, 0.25) is 0 Å². The van der Waals surface area contributed by atoms with Gasteiger partial charge in [-0.25, -0.2) is 4.98 Å². The quantitative estimate of drug-likeness (QED) is 0.701. The first-order valence-corrected chi connectivity index (χ1v) is 8.21. The first-order chi connectivity index (χ1) is 12.8. The van der Waals surface area contributed by atoms with Gasteiger partial charge in [0.1, 0.15) is 17.2 Å². The molecule has 1 amide bonds. The summed E-state index contributed by atoms with van der Waals surface area (Å²) in [7, 11) is 0. The minimum absolute atomic E-state index is 0.0325. The van der Waals surface area contributed by atoms with Crippen molar-refractivity contribution in [3.8, 4) is 0 Å². The van der Waals surface area contributed by atoms with Crippen molar-refractivity contribution in [2.75, 3.05) is 5.32 Å². The van der Waals surface area contributed by atoms with E-state index in [-0.39, 0.29) is 29.1 Å². The van der Waals surface area contributed by atoms with Crippen LogP contribution in [0.5, 0.6) is 0 Å². The summed E-state index contributed by atoms with van der Waals surface area (Å²) in [6.45, 7) is 0.325. The molecule has 4 rings (SSSR count). The fourth-order valence-electron chi connectivity index (χ4n) is 3.14. The second-order valence-corrected chi connectivity index (χ2v) is 6.18. The Kier molecular flexibility index (Phi) is 3.91. The maximum atomic E-state index is 13.0. The molecule has 0 aliphatic carbocycles. The van der Waals surface area contributed by atoms with Crippen LogP contribution in [0.4, 0.5) is 18.9 Å². The van der Waals surface area contributed by atoms with E-state index < -0.39 is 17.6 Å². The molecule has 0 unspecified atom stereocenters. The third-order valence-electron chi connectivity index (χ3n) is 4.42. The molecule has 0 spiro atoms. The fraction of sp³-hybridized carbons (Fsp3) is 0.158. The molecule has 0 bridgehead atoms. The number of alkyl halides is 3. The second-order valence-electron chi connectivity index (χ2n) is 6.18. The number of aryl methyl sites for hydroxylation is 1. The summed E-state index contributed by atoms with van der Waals surface area (Å²) in [5.41, 5.74) is 0.300. The number of nitrogens with one attached hydrogen (secondary N) is 1. The Morgan fingerprint density at radius 1 is 1.15 bits per heavy atom. The van der Waals surface area contributed by atoms with Crippen molar-refractivity contribution in [2.45, 2.75) is 19.1 Å². The first-order valence-electron chi connectivity index (χ1n) is 8.21. The lowest BCUT2D eigenvalue weighted by atomic mass is 10.1. The van der Waals surface area contributed by atoms with Crippen molar-refractivity contribution >= 4 is 28.2 Å². The zero-order valence-corrected chi connectivity index (χ0v) is 13.9. The van der Waals surface area contributed by atoms with E-state index in [4.69, 9.17) is 0 Å². The molecule has 1 aromatic heterocycles. The minimum atomic E-state index is -4.48. The summed E-state index contributed by atoms with van der Waals surface area (Å²) in [6, 6.07) is 11.9. The molecule has 8 heteroatoms. The van der Waals surface area contributed by atoms with Crippen LogP contribution in [0.25, 0.3) is 16.6 Å².